The molecule has 0 spiro atoms. The summed E-state index contributed by atoms with van der Waals surface area (Å²) in [5.74, 6) is 0. The van der Waals surface area contributed by atoms with Crippen molar-refractivity contribution in [2.24, 2.45) is 0 Å². The molecule has 0 saturated carbocycles. The van der Waals surface area contributed by atoms with Gasteiger partial charge in [0.15, 0.2) is 0 Å². The molecule has 2 aromatic carbocycles. The predicted molar refractivity (Wildman–Crippen MR) is 87.2 cm³/mol. The van der Waals surface area contributed by atoms with Crippen molar-refractivity contribution in [2.45, 2.75) is 0 Å². The standard InChI is InChI=1S/C19H14N3/c1-2-7-16(8-3-1)19-17(21-12-4-5-13-21)9-6-10-18(19)22-14-11-20-15-22/h1-9,11-15H. The average molecular weight is 284 g/mol. The summed E-state index contributed by atoms with van der Waals surface area (Å²) in [7, 11) is 0. The van der Waals surface area contributed by atoms with Crippen LogP contribution in [0, 0.1) is 6.07 Å². The van der Waals surface area contributed by atoms with Gasteiger partial charge < -0.3 is 9.13 Å². The van der Waals surface area contributed by atoms with Crippen molar-refractivity contribution in [3.05, 3.63) is 91.8 Å². The maximum absolute atomic E-state index is 4.16. The van der Waals surface area contributed by atoms with E-state index in [2.05, 4.69) is 58.3 Å². The molecular formula is C19H14N3. The minimum atomic E-state index is 0.995. The largest absolute Gasteiger partial charge is 0.323 e. The zero-order valence-electron chi connectivity index (χ0n) is 11.9. The van der Waals surface area contributed by atoms with Crippen molar-refractivity contribution >= 4 is 0 Å². The number of rotatable bonds is 3. The van der Waals surface area contributed by atoms with Gasteiger partial charge in [-0.05, 0) is 23.8 Å². The summed E-state index contributed by atoms with van der Waals surface area (Å²) in [5.41, 5.74) is 4.41. The summed E-state index contributed by atoms with van der Waals surface area (Å²) >= 11 is 0. The summed E-state index contributed by atoms with van der Waals surface area (Å²) in [4.78, 5) is 4.16. The third-order valence-electron chi connectivity index (χ3n) is 3.66. The first-order chi connectivity index (χ1) is 10.9. The smallest absolute Gasteiger partial charge is 0.0992 e. The van der Waals surface area contributed by atoms with E-state index in [-0.39, 0.29) is 0 Å². The van der Waals surface area contributed by atoms with E-state index in [0.29, 0.717) is 0 Å². The summed E-state index contributed by atoms with van der Waals surface area (Å²) in [5, 5.41) is 0. The van der Waals surface area contributed by atoms with E-state index in [4.69, 9.17) is 0 Å². The lowest BCUT2D eigenvalue weighted by molar-refractivity contribution is 1.03. The highest BCUT2D eigenvalue weighted by atomic mass is 15.0. The monoisotopic (exact) mass is 284 g/mol. The summed E-state index contributed by atoms with van der Waals surface area (Å²) in [6.07, 6.45) is 9.64. The zero-order chi connectivity index (χ0) is 14.8. The van der Waals surface area contributed by atoms with Crippen LogP contribution >= 0.6 is 0 Å². The molecule has 0 unspecified atom stereocenters. The molecule has 1 radical (unpaired) electrons. The second-order valence-corrected chi connectivity index (χ2v) is 5.01. The van der Waals surface area contributed by atoms with Gasteiger partial charge in [0.2, 0.25) is 0 Å². The van der Waals surface area contributed by atoms with Crippen LogP contribution in [0.15, 0.2) is 85.7 Å². The first kappa shape index (κ1) is 12.7. The second kappa shape index (κ2) is 5.37. The third kappa shape index (κ3) is 2.13. The number of imidazole rings is 1. The Morgan fingerprint density at radius 2 is 1.64 bits per heavy atom. The Balaban J connectivity index is 2.03. The Morgan fingerprint density at radius 3 is 2.36 bits per heavy atom. The van der Waals surface area contributed by atoms with E-state index in [1.54, 1.807) is 12.5 Å². The molecule has 0 atom stereocenters. The molecular weight excluding hydrogens is 270 g/mol. The van der Waals surface area contributed by atoms with Gasteiger partial charge in [-0.25, -0.2) is 4.98 Å². The minimum Gasteiger partial charge on any atom is -0.323 e. The molecule has 0 aliphatic carbocycles. The second-order valence-electron chi connectivity index (χ2n) is 5.01. The summed E-state index contributed by atoms with van der Waals surface area (Å²) in [6.45, 7) is 0. The van der Waals surface area contributed by atoms with Gasteiger partial charge in [-0.3, -0.25) is 0 Å². The lowest BCUT2D eigenvalue weighted by Crippen LogP contribution is -2.00. The lowest BCUT2D eigenvalue weighted by Gasteiger charge is -2.16. The van der Waals surface area contributed by atoms with Crippen molar-refractivity contribution in [3.63, 3.8) is 0 Å². The third-order valence-corrected chi connectivity index (χ3v) is 3.66. The molecule has 105 valence electrons. The minimum absolute atomic E-state index is 0.995. The quantitative estimate of drug-likeness (QED) is 0.554. The Hall–Kier alpha value is -3.07. The maximum atomic E-state index is 4.16. The van der Waals surface area contributed by atoms with Gasteiger partial charge in [-0.2, -0.15) is 0 Å². The highest BCUT2D eigenvalue weighted by Crippen LogP contribution is 2.32. The van der Waals surface area contributed by atoms with Crippen LogP contribution in [0.1, 0.15) is 0 Å². The van der Waals surface area contributed by atoms with Crippen molar-refractivity contribution in [1.82, 2.24) is 14.1 Å². The molecule has 2 heterocycles. The van der Waals surface area contributed by atoms with Gasteiger partial charge in [0.25, 0.3) is 0 Å². The van der Waals surface area contributed by atoms with E-state index < -0.39 is 0 Å². The van der Waals surface area contributed by atoms with Crippen LogP contribution in [0.5, 0.6) is 0 Å². The Morgan fingerprint density at radius 1 is 0.818 bits per heavy atom. The Labute approximate surface area is 129 Å². The highest BCUT2D eigenvalue weighted by Gasteiger charge is 2.13. The van der Waals surface area contributed by atoms with Crippen molar-refractivity contribution in [2.75, 3.05) is 0 Å². The highest BCUT2D eigenvalue weighted by molar-refractivity contribution is 5.81. The molecule has 3 nitrogen and oxygen atoms in total. The fourth-order valence-electron chi connectivity index (χ4n) is 2.67. The molecule has 0 saturated heterocycles. The number of hydrogen-bond acceptors (Lipinski definition) is 1. The van der Waals surface area contributed by atoms with E-state index in [1.165, 1.54) is 0 Å². The average Bonchev–Trinajstić information content (AvgIpc) is 3.28. The molecule has 0 aliphatic heterocycles. The van der Waals surface area contributed by atoms with Crippen molar-refractivity contribution in [3.8, 4) is 22.5 Å². The van der Waals surface area contributed by atoms with Crippen molar-refractivity contribution < 1.29 is 0 Å². The van der Waals surface area contributed by atoms with Crippen LogP contribution in [0.2, 0.25) is 0 Å². The molecule has 0 amide bonds. The lowest BCUT2D eigenvalue weighted by atomic mass is 10.0. The predicted octanol–water partition coefficient (Wildman–Crippen LogP) is 4.13. The van der Waals surface area contributed by atoms with Crippen LogP contribution < -0.4 is 0 Å². The van der Waals surface area contributed by atoms with E-state index in [0.717, 1.165) is 22.5 Å². The zero-order valence-corrected chi connectivity index (χ0v) is 11.9. The summed E-state index contributed by atoms with van der Waals surface area (Å²) < 4.78 is 4.12. The van der Waals surface area contributed by atoms with Gasteiger partial charge in [-0.15, -0.1) is 0 Å². The van der Waals surface area contributed by atoms with Crippen LogP contribution in [0.25, 0.3) is 22.5 Å². The first-order valence-electron chi connectivity index (χ1n) is 7.15. The fourth-order valence-corrected chi connectivity index (χ4v) is 2.67. The number of benzene rings is 2. The van der Waals surface area contributed by atoms with Crippen LogP contribution in [-0.4, -0.2) is 14.1 Å². The molecule has 0 bridgehead atoms. The molecule has 0 aliphatic rings. The molecule has 2 aromatic heterocycles. The molecule has 3 heteroatoms. The molecule has 4 rings (SSSR count). The molecule has 0 N–H and O–H groups in total. The van der Waals surface area contributed by atoms with Crippen LogP contribution in [0.3, 0.4) is 0 Å². The Kier molecular flexibility index (Phi) is 3.09. The first-order valence-corrected chi connectivity index (χ1v) is 7.15. The van der Waals surface area contributed by atoms with Gasteiger partial charge in [0.05, 0.1) is 17.7 Å². The topological polar surface area (TPSA) is 22.8 Å². The van der Waals surface area contributed by atoms with Crippen LogP contribution in [0.4, 0.5) is 0 Å². The van der Waals surface area contributed by atoms with Gasteiger partial charge in [-0.1, -0.05) is 36.4 Å². The normalized spacial score (nSPS) is 10.7. The van der Waals surface area contributed by atoms with Crippen LogP contribution in [-0.2, 0) is 0 Å². The van der Waals surface area contributed by atoms with Gasteiger partial charge in [0.1, 0.15) is 0 Å². The van der Waals surface area contributed by atoms with E-state index in [1.807, 2.05) is 35.0 Å². The van der Waals surface area contributed by atoms with E-state index in [9.17, 15) is 0 Å². The van der Waals surface area contributed by atoms with Gasteiger partial charge >= 0.3 is 0 Å². The summed E-state index contributed by atoms with van der Waals surface area (Å²) in [6, 6.07) is 21.8. The Bertz CT molecular complexity index is 808. The van der Waals surface area contributed by atoms with E-state index >= 15 is 0 Å². The maximum Gasteiger partial charge on any atom is 0.0992 e. The number of nitrogens with zero attached hydrogens (tertiary/aromatic N) is 3. The number of aromatic nitrogens is 3. The molecule has 0 fully saturated rings. The van der Waals surface area contributed by atoms with Gasteiger partial charge in [0, 0.05) is 36.4 Å². The SMILES string of the molecule is [c]1ccc(-n2cccc2)c(-c2ccccc2)c1-n1ccnc1. The fraction of sp³-hybridized carbons (Fsp3) is 0. The number of hydrogen-bond donors (Lipinski definition) is 0. The van der Waals surface area contributed by atoms with Crippen molar-refractivity contribution in [1.29, 1.82) is 0 Å². The molecule has 4 aromatic rings. The molecule has 22 heavy (non-hydrogen) atoms.